The fourth-order valence-electron chi connectivity index (χ4n) is 3.23. The zero-order valence-electron chi connectivity index (χ0n) is 14.0. The number of fused-ring (bicyclic) bond motifs is 1. The number of ether oxygens (including phenoxy) is 2. The number of nitrogens with one attached hydrogen (secondary N) is 1. The molecule has 2 rings (SSSR count). The lowest BCUT2D eigenvalue weighted by molar-refractivity contribution is 0.287. The molecule has 1 aliphatic rings. The predicted octanol–water partition coefficient (Wildman–Crippen LogP) is 2.75. The van der Waals surface area contributed by atoms with E-state index in [0.29, 0.717) is 6.04 Å². The average molecular weight is 292 g/mol. The number of rotatable bonds is 6. The second-order valence-corrected chi connectivity index (χ2v) is 5.55. The molecule has 1 unspecified atom stereocenters. The van der Waals surface area contributed by atoms with E-state index in [1.165, 1.54) is 16.7 Å². The molecule has 1 aromatic rings. The van der Waals surface area contributed by atoms with E-state index in [4.69, 9.17) is 9.47 Å². The maximum atomic E-state index is 5.77. The lowest BCUT2D eigenvalue weighted by Crippen LogP contribution is -2.29. The summed E-state index contributed by atoms with van der Waals surface area (Å²) < 4.78 is 11.4. The quantitative estimate of drug-likeness (QED) is 0.874. The van der Waals surface area contributed by atoms with Gasteiger partial charge in [0.1, 0.15) is 11.5 Å². The van der Waals surface area contributed by atoms with Gasteiger partial charge in [-0.1, -0.05) is 13.8 Å². The maximum Gasteiger partial charge on any atom is 0.127 e. The van der Waals surface area contributed by atoms with E-state index in [1.807, 2.05) is 0 Å². The highest BCUT2D eigenvalue weighted by atomic mass is 16.5. The average Bonchev–Trinajstić information content (AvgIpc) is 2.51. The van der Waals surface area contributed by atoms with Gasteiger partial charge in [0.25, 0.3) is 0 Å². The molecule has 0 saturated carbocycles. The molecule has 0 bridgehead atoms. The van der Waals surface area contributed by atoms with Crippen molar-refractivity contribution in [2.45, 2.75) is 39.8 Å². The number of nitrogens with zero attached hydrogens (tertiary/aromatic N) is 1. The Morgan fingerprint density at radius 3 is 2.52 bits per heavy atom. The largest absolute Gasteiger partial charge is 0.496 e. The van der Waals surface area contributed by atoms with Crippen molar-refractivity contribution in [2.24, 2.45) is 0 Å². The van der Waals surface area contributed by atoms with Crippen LogP contribution in [0.25, 0.3) is 0 Å². The van der Waals surface area contributed by atoms with Crippen molar-refractivity contribution in [3.8, 4) is 11.5 Å². The van der Waals surface area contributed by atoms with Gasteiger partial charge in [-0.3, -0.25) is 4.90 Å². The van der Waals surface area contributed by atoms with Crippen LogP contribution in [0.2, 0.25) is 0 Å². The Balaban J connectivity index is 2.50. The van der Waals surface area contributed by atoms with Crippen LogP contribution in [0, 0.1) is 0 Å². The normalized spacial score (nSPS) is 17.7. The summed E-state index contributed by atoms with van der Waals surface area (Å²) in [5.41, 5.74) is 3.79. The molecule has 4 heteroatoms. The van der Waals surface area contributed by atoms with Gasteiger partial charge >= 0.3 is 0 Å². The first kappa shape index (κ1) is 16.1. The molecule has 0 spiro atoms. The van der Waals surface area contributed by atoms with Crippen LogP contribution < -0.4 is 14.8 Å². The van der Waals surface area contributed by atoms with E-state index < -0.39 is 0 Å². The molecule has 0 fully saturated rings. The van der Waals surface area contributed by atoms with E-state index in [9.17, 15) is 0 Å². The summed E-state index contributed by atoms with van der Waals surface area (Å²) in [6.07, 6.45) is 0.991. The van der Waals surface area contributed by atoms with Crippen molar-refractivity contribution in [3.05, 3.63) is 22.8 Å². The zero-order chi connectivity index (χ0) is 15.4. The molecule has 1 aliphatic heterocycles. The van der Waals surface area contributed by atoms with Crippen LogP contribution in [-0.2, 0) is 13.0 Å². The van der Waals surface area contributed by atoms with Crippen molar-refractivity contribution >= 4 is 0 Å². The Labute approximate surface area is 128 Å². The standard InChI is InChI=1S/C17H28N2O2/c1-6-19(7-2)11-13-10-15(20-4)16-12(3)18-9-8-14(16)17(13)21-5/h10,12,18H,6-9,11H2,1-5H3. The number of methoxy groups -OCH3 is 2. The predicted molar refractivity (Wildman–Crippen MR) is 86.3 cm³/mol. The Morgan fingerprint density at radius 2 is 1.95 bits per heavy atom. The molecule has 1 heterocycles. The zero-order valence-corrected chi connectivity index (χ0v) is 14.0. The number of hydrogen-bond donors (Lipinski definition) is 1. The monoisotopic (exact) mass is 292 g/mol. The fourth-order valence-corrected chi connectivity index (χ4v) is 3.23. The summed E-state index contributed by atoms with van der Waals surface area (Å²) in [4.78, 5) is 2.40. The van der Waals surface area contributed by atoms with Gasteiger partial charge in [-0.2, -0.15) is 0 Å². The van der Waals surface area contributed by atoms with Crippen molar-refractivity contribution in [1.82, 2.24) is 10.2 Å². The molecule has 0 saturated heterocycles. The SMILES string of the molecule is CCN(CC)Cc1cc(OC)c2c(c1OC)CCNC2C. The first-order valence-electron chi connectivity index (χ1n) is 7.88. The van der Waals surface area contributed by atoms with Gasteiger partial charge in [0, 0.05) is 29.3 Å². The fraction of sp³-hybridized carbons (Fsp3) is 0.647. The molecule has 118 valence electrons. The first-order chi connectivity index (χ1) is 10.2. The third-order valence-electron chi connectivity index (χ3n) is 4.43. The summed E-state index contributed by atoms with van der Waals surface area (Å²) in [7, 11) is 3.53. The molecule has 0 amide bonds. The van der Waals surface area contributed by atoms with Crippen LogP contribution in [0.4, 0.5) is 0 Å². The molecule has 4 nitrogen and oxygen atoms in total. The van der Waals surface area contributed by atoms with Gasteiger partial charge < -0.3 is 14.8 Å². The Hall–Kier alpha value is -1.26. The van der Waals surface area contributed by atoms with Gasteiger partial charge in [0.15, 0.2) is 0 Å². The molecular formula is C17H28N2O2. The highest BCUT2D eigenvalue weighted by molar-refractivity contribution is 5.56. The van der Waals surface area contributed by atoms with E-state index in [1.54, 1.807) is 14.2 Å². The number of benzene rings is 1. The first-order valence-corrected chi connectivity index (χ1v) is 7.88. The van der Waals surface area contributed by atoms with Crippen LogP contribution in [0.15, 0.2) is 6.07 Å². The molecule has 0 aliphatic carbocycles. The Kier molecular flexibility index (Phi) is 5.48. The second kappa shape index (κ2) is 7.14. The minimum atomic E-state index is 0.306. The highest BCUT2D eigenvalue weighted by Crippen LogP contribution is 2.40. The van der Waals surface area contributed by atoms with Crippen molar-refractivity contribution in [1.29, 1.82) is 0 Å². The smallest absolute Gasteiger partial charge is 0.127 e. The molecular weight excluding hydrogens is 264 g/mol. The van der Waals surface area contributed by atoms with Crippen LogP contribution in [0.5, 0.6) is 11.5 Å². The summed E-state index contributed by atoms with van der Waals surface area (Å²) in [5.74, 6) is 2.03. The van der Waals surface area contributed by atoms with E-state index >= 15 is 0 Å². The van der Waals surface area contributed by atoms with E-state index in [-0.39, 0.29) is 0 Å². The topological polar surface area (TPSA) is 33.7 Å². The van der Waals surface area contributed by atoms with Crippen LogP contribution in [-0.4, -0.2) is 38.8 Å². The second-order valence-electron chi connectivity index (χ2n) is 5.55. The van der Waals surface area contributed by atoms with Gasteiger partial charge in [0.05, 0.1) is 14.2 Å². The maximum absolute atomic E-state index is 5.77. The van der Waals surface area contributed by atoms with Gasteiger partial charge in [0.2, 0.25) is 0 Å². The van der Waals surface area contributed by atoms with Gasteiger partial charge in [-0.15, -0.1) is 0 Å². The minimum Gasteiger partial charge on any atom is -0.496 e. The summed E-state index contributed by atoms with van der Waals surface area (Å²) in [6, 6.07) is 2.46. The molecule has 1 N–H and O–H groups in total. The molecule has 0 radical (unpaired) electrons. The lowest BCUT2D eigenvalue weighted by atomic mass is 9.91. The molecule has 21 heavy (non-hydrogen) atoms. The van der Waals surface area contributed by atoms with Crippen LogP contribution in [0.1, 0.15) is 43.5 Å². The van der Waals surface area contributed by atoms with E-state index in [0.717, 1.165) is 44.1 Å². The van der Waals surface area contributed by atoms with Crippen molar-refractivity contribution in [3.63, 3.8) is 0 Å². The Morgan fingerprint density at radius 1 is 1.24 bits per heavy atom. The third-order valence-corrected chi connectivity index (χ3v) is 4.43. The lowest BCUT2D eigenvalue weighted by Gasteiger charge is -2.30. The summed E-state index contributed by atoms with van der Waals surface area (Å²) in [5, 5.41) is 3.50. The van der Waals surface area contributed by atoms with Crippen LogP contribution >= 0.6 is 0 Å². The van der Waals surface area contributed by atoms with E-state index in [2.05, 4.69) is 37.1 Å². The molecule has 1 atom stereocenters. The highest BCUT2D eigenvalue weighted by Gasteiger charge is 2.26. The molecule has 0 aromatic heterocycles. The Bertz CT molecular complexity index is 484. The van der Waals surface area contributed by atoms with Crippen molar-refractivity contribution in [2.75, 3.05) is 33.9 Å². The van der Waals surface area contributed by atoms with Crippen molar-refractivity contribution < 1.29 is 9.47 Å². The molecule has 1 aromatic carbocycles. The van der Waals surface area contributed by atoms with Gasteiger partial charge in [-0.25, -0.2) is 0 Å². The van der Waals surface area contributed by atoms with Gasteiger partial charge in [-0.05, 0) is 39.0 Å². The number of hydrogen-bond acceptors (Lipinski definition) is 4. The third kappa shape index (κ3) is 3.16. The minimum absolute atomic E-state index is 0.306. The summed E-state index contributed by atoms with van der Waals surface area (Å²) >= 11 is 0. The van der Waals surface area contributed by atoms with Crippen LogP contribution in [0.3, 0.4) is 0 Å². The summed E-state index contributed by atoms with van der Waals surface area (Å²) in [6.45, 7) is 10.5.